The molecule has 6 heteroatoms. The molecule has 0 saturated heterocycles. The summed E-state index contributed by atoms with van der Waals surface area (Å²) in [6, 6.07) is 1.63. The molecule has 17 heavy (non-hydrogen) atoms. The van der Waals surface area contributed by atoms with Gasteiger partial charge in [-0.15, -0.1) is 0 Å². The average molecular weight is 257 g/mol. The Bertz CT molecular complexity index is 483. The van der Waals surface area contributed by atoms with Crippen LogP contribution in [0.25, 0.3) is 0 Å². The number of nitrogens with two attached hydrogens (primary N) is 1. The maximum atomic E-state index is 11.7. The van der Waals surface area contributed by atoms with Crippen molar-refractivity contribution in [3.05, 3.63) is 17.8 Å². The van der Waals surface area contributed by atoms with Crippen LogP contribution in [0, 0.1) is 12.8 Å². The zero-order valence-electron chi connectivity index (χ0n) is 10.4. The Balaban J connectivity index is 2.73. The van der Waals surface area contributed by atoms with Crippen LogP contribution in [0.15, 0.2) is 12.3 Å². The van der Waals surface area contributed by atoms with Crippen LogP contribution in [0.2, 0.25) is 0 Å². The lowest BCUT2D eigenvalue weighted by molar-refractivity contribution is 0.578. The second-order valence-corrected chi connectivity index (χ2v) is 6.37. The number of anilines is 2. The Kier molecular flexibility index (Phi) is 4.34. The fraction of sp³-hybridized carbons (Fsp3) is 0.545. The summed E-state index contributed by atoms with van der Waals surface area (Å²) >= 11 is 0. The molecule has 0 aliphatic rings. The Hall–Kier alpha value is -1.30. The molecule has 0 amide bonds. The molecular formula is C11H19N3O2S. The first-order chi connectivity index (χ1) is 7.80. The van der Waals surface area contributed by atoms with Crippen molar-refractivity contribution in [2.24, 2.45) is 5.92 Å². The Labute approximate surface area is 102 Å². The molecule has 1 heterocycles. The second kappa shape index (κ2) is 5.35. The first kappa shape index (κ1) is 13.8. The zero-order chi connectivity index (χ0) is 13.1. The molecule has 1 rings (SSSR count). The summed E-state index contributed by atoms with van der Waals surface area (Å²) in [5, 5.41) is 0. The first-order valence-corrected chi connectivity index (χ1v) is 7.18. The van der Waals surface area contributed by atoms with Crippen LogP contribution in [0.5, 0.6) is 0 Å². The molecule has 96 valence electrons. The van der Waals surface area contributed by atoms with Crippen LogP contribution in [0.1, 0.15) is 25.8 Å². The molecule has 1 aromatic heterocycles. The molecule has 5 nitrogen and oxygen atoms in total. The molecule has 3 N–H and O–H groups in total. The predicted molar refractivity (Wildman–Crippen MR) is 70.3 cm³/mol. The SMILES string of the molecule is Cc1cc(NS(=O)(=O)CCC(C)C)ncc1N. The maximum Gasteiger partial charge on any atom is 0.233 e. The van der Waals surface area contributed by atoms with Crippen molar-refractivity contribution in [2.45, 2.75) is 27.2 Å². The van der Waals surface area contributed by atoms with E-state index >= 15 is 0 Å². The number of hydrogen-bond acceptors (Lipinski definition) is 4. The highest BCUT2D eigenvalue weighted by Gasteiger charge is 2.12. The van der Waals surface area contributed by atoms with Crippen LogP contribution in [-0.4, -0.2) is 19.2 Å². The van der Waals surface area contributed by atoms with Crippen LogP contribution >= 0.6 is 0 Å². The monoisotopic (exact) mass is 257 g/mol. The van der Waals surface area contributed by atoms with E-state index in [0.717, 1.165) is 5.56 Å². The van der Waals surface area contributed by atoms with Crippen molar-refractivity contribution in [1.82, 2.24) is 4.98 Å². The third kappa shape index (κ3) is 4.60. The van der Waals surface area contributed by atoms with Crippen molar-refractivity contribution < 1.29 is 8.42 Å². The van der Waals surface area contributed by atoms with E-state index in [0.29, 0.717) is 23.8 Å². The van der Waals surface area contributed by atoms with Crippen LogP contribution in [0.3, 0.4) is 0 Å². The lowest BCUT2D eigenvalue weighted by atomic mass is 10.2. The average Bonchev–Trinajstić information content (AvgIpc) is 2.21. The summed E-state index contributed by atoms with van der Waals surface area (Å²) in [5.74, 6) is 0.781. The van der Waals surface area contributed by atoms with E-state index in [1.54, 1.807) is 6.07 Å². The number of aromatic nitrogens is 1. The summed E-state index contributed by atoms with van der Waals surface area (Å²) in [5.41, 5.74) is 6.97. The highest BCUT2D eigenvalue weighted by Crippen LogP contribution is 2.15. The van der Waals surface area contributed by atoms with Crippen molar-refractivity contribution in [2.75, 3.05) is 16.2 Å². The van der Waals surface area contributed by atoms with E-state index in [1.165, 1.54) is 6.20 Å². The van der Waals surface area contributed by atoms with E-state index in [2.05, 4.69) is 9.71 Å². The minimum atomic E-state index is -3.31. The molecule has 1 aromatic rings. The van der Waals surface area contributed by atoms with Gasteiger partial charge in [0.25, 0.3) is 0 Å². The van der Waals surface area contributed by atoms with E-state index in [4.69, 9.17) is 5.73 Å². The fourth-order valence-electron chi connectivity index (χ4n) is 1.22. The largest absolute Gasteiger partial charge is 0.397 e. The van der Waals surface area contributed by atoms with E-state index < -0.39 is 10.0 Å². The number of rotatable bonds is 5. The number of sulfonamides is 1. The van der Waals surface area contributed by atoms with Gasteiger partial charge in [0.2, 0.25) is 10.0 Å². The summed E-state index contributed by atoms with van der Waals surface area (Å²) in [7, 11) is -3.31. The van der Waals surface area contributed by atoms with Gasteiger partial charge in [-0.3, -0.25) is 4.72 Å². The molecule has 0 saturated carbocycles. The normalized spacial score (nSPS) is 11.8. The standard InChI is InChI=1S/C11H19N3O2S/c1-8(2)4-5-17(15,16)14-11-6-9(3)10(12)7-13-11/h6-8H,4-5,12H2,1-3H3,(H,13,14). The van der Waals surface area contributed by atoms with Gasteiger partial charge in [-0.25, -0.2) is 13.4 Å². The molecule has 0 fully saturated rings. The minimum absolute atomic E-state index is 0.107. The van der Waals surface area contributed by atoms with Gasteiger partial charge in [0.1, 0.15) is 5.82 Å². The highest BCUT2D eigenvalue weighted by atomic mass is 32.2. The molecule has 0 unspecified atom stereocenters. The number of hydrogen-bond donors (Lipinski definition) is 2. The number of nitrogen functional groups attached to an aromatic ring is 1. The lowest BCUT2D eigenvalue weighted by Crippen LogP contribution is -2.18. The predicted octanol–water partition coefficient (Wildman–Crippen LogP) is 1.76. The molecule has 0 atom stereocenters. The van der Waals surface area contributed by atoms with Crippen molar-refractivity contribution in [1.29, 1.82) is 0 Å². The van der Waals surface area contributed by atoms with E-state index in [9.17, 15) is 8.42 Å². The summed E-state index contributed by atoms with van der Waals surface area (Å²) in [6.07, 6.45) is 2.08. The smallest absolute Gasteiger partial charge is 0.233 e. The zero-order valence-corrected chi connectivity index (χ0v) is 11.2. The molecule has 0 aromatic carbocycles. The summed E-state index contributed by atoms with van der Waals surface area (Å²) in [4.78, 5) is 3.94. The Morgan fingerprint density at radius 1 is 1.47 bits per heavy atom. The van der Waals surface area contributed by atoms with Crippen LogP contribution < -0.4 is 10.5 Å². The summed E-state index contributed by atoms with van der Waals surface area (Å²) in [6.45, 7) is 5.78. The number of nitrogens with zero attached hydrogens (tertiary/aromatic N) is 1. The molecule has 0 radical (unpaired) electrons. The van der Waals surface area contributed by atoms with Gasteiger partial charge in [-0.05, 0) is 30.9 Å². The van der Waals surface area contributed by atoms with Gasteiger partial charge in [0, 0.05) is 0 Å². The second-order valence-electron chi connectivity index (χ2n) is 4.53. The first-order valence-electron chi connectivity index (χ1n) is 5.53. The molecule has 0 aliphatic carbocycles. The third-order valence-electron chi connectivity index (χ3n) is 2.38. The maximum absolute atomic E-state index is 11.7. The van der Waals surface area contributed by atoms with Crippen LogP contribution in [-0.2, 0) is 10.0 Å². The van der Waals surface area contributed by atoms with Gasteiger partial charge in [0.15, 0.2) is 0 Å². The van der Waals surface area contributed by atoms with Crippen molar-refractivity contribution in [3.8, 4) is 0 Å². The minimum Gasteiger partial charge on any atom is -0.397 e. The highest BCUT2D eigenvalue weighted by molar-refractivity contribution is 7.92. The van der Waals surface area contributed by atoms with Gasteiger partial charge in [-0.2, -0.15) is 0 Å². The van der Waals surface area contributed by atoms with Gasteiger partial charge in [-0.1, -0.05) is 13.8 Å². The quantitative estimate of drug-likeness (QED) is 0.841. The fourth-order valence-corrected chi connectivity index (χ4v) is 2.54. The van der Waals surface area contributed by atoms with E-state index in [-0.39, 0.29) is 5.75 Å². The van der Waals surface area contributed by atoms with Gasteiger partial charge in [0.05, 0.1) is 17.6 Å². The van der Waals surface area contributed by atoms with E-state index in [1.807, 2.05) is 20.8 Å². The number of aryl methyl sites for hydroxylation is 1. The lowest BCUT2D eigenvalue weighted by Gasteiger charge is -2.09. The number of pyridine rings is 1. The Morgan fingerprint density at radius 2 is 2.12 bits per heavy atom. The molecular weight excluding hydrogens is 238 g/mol. The molecule has 0 aliphatic heterocycles. The molecule has 0 bridgehead atoms. The third-order valence-corrected chi connectivity index (χ3v) is 3.67. The Morgan fingerprint density at radius 3 is 2.65 bits per heavy atom. The molecule has 0 spiro atoms. The number of nitrogens with one attached hydrogen (secondary N) is 1. The van der Waals surface area contributed by atoms with Crippen molar-refractivity contribution >= 4 is 21.5 Å². The topological polar surface area (TPSA) is 85.1 Å². The van der Waals surface area contributed by atoms with Crippen molar-refractivity contribution in [3.63, 3.8) is 0 Å². The van der Waals surface area contributed by atoms with Crippen LogP contribution in [0.4, 0.5) is 11.5 Å². The van der Waals surface area contributed by atoms with Gasteiger partial charge >= 0.3 is 0 Å². The van der Waals surface area contributed by atoms with Gasteiger partial charge < -0.3 is 5.73 Å². The summed E-state index contributed by atoms with van der Waals surface area (Å²) < 4.78 is 25.9.